The zero-order chi connectivity index (χ0) is 21.2. The third-order valence-electron chi connectivity index (χ3n) is 4.72. The molecule has 1 amide bonds. The van der Waals surface area contributed by atoms with Gasteiger partial charge in [-0.1, -0.05) is 24.4 Å². The highest BCUT2D eigenvalue weighted by molar-refractivity contribution is 6.32. The van der Waals surface area contributed by atoms with Crippen LogP contribution in [-0.4, -0.2) is 35.4 Å². The van der Waals surface area contributed by atoms with Crippen molar-refractivity contribution in [2.24, 2.45) is 5.73 Å². The molecule has 0 saturated carbocycles. The predicted molar refractivity (Wildman–Crippen MR) is 104 cm³/mol. The van der Waals surface area contributed by atoms with E-state index < -0.39 is 24.4 Å². The van der Waals surface area contributed by atoms with E-state index in [-0.39, 0.29) is 28.6 Å². The number of methoxy groups -OCH3 is 1. The van der Waals surface area contributed by atoms with Crippen molar-refractivity contribution in [3.63, 3.8) is 0 Å². The van der Waals surface area contributed by atoms with Crippen LogP contribution in [0.15, 0.2) is 18.2 Å². The van der Waals surface area contributed by atoms with Crippen molar-refractivity contribution in [1.29, 1.82) is 0 Å². The Kier molecular flexibility index (Phi) is 6.23. The molecular weight excluding hydrogens is 411 g/mol. The van der Waals surface area contributed by atoms with E-state index in [0.717, 1.165) is 0 Å². The van der Waals surface area contributed by atoms with Crippen molar-refractivity contribution in [2.45, 2.75) is 43.9 Å². The Morgan fingerprint density at radius 3 is 2.76 bits per heavy atom. The van der Waals surface area contributed by atoms with Gasteiger partial charge in [-0.2, -0.15) is 13.2 Å². The lowest BCUT2D eigenvalue weighted by Gasteiger charge is -2.25. The van der Waals surface area contributed by atoms with E-state index in [1.165, 1.54) is 25.3 Å². The molecule has 5 N–H and O–H groups in total. The van der Waals surface area contributed by atoms with Crippen LogP contribution in [0.5, 0.6) is 0 Å². The lowest BCUT2D eigenvalue weighted by molar-refractivity contribution is -0.144. The van der Waals surface area contributed by atoms with Crippen LogP contribution in [0.3, 0.4) is 0 Å². The van der Waals surface area contributed by atoms with E-state index in [2.05, 4.69) is 25.3 Å². The molecule has 2 bridgehead atoms. The summed E-state index contributed by atoms with van der Waals surface area (Å²) in [4.78, 5) is 18.8. The molecule has 2 atom stereocenters. The first-order chi connectivity index (χ1) is 13.7. The van der Waals surface area contributed by atoms with E-state index in [9.17, 15) is 18.0 Å². The number of hydrogen-bond acceptors (Lipinski definition) is 5. The summed E-state index contributed by atoms with van der Waals surface area (Å²) in [5.74, 6) is 0.473. The smallest absolute Gasteiger partial charge is 0.411 e. The summed E-state index contributed by atoms with van der Waals surface area (Å²) in [6.07, 6.45) is -3.98. The van der Waals surface area contributed by atoms with Crippen LogP contribution in [-0.2, 0) is 4.74 Å². The highest BCUT2D eigenvalue weighted by Crippen LogP contribution is 2.38. The molecule has 3 rings (SSSR count). The number of ether oxygens (including phenoxy) is 1. The second kappa shape index (κ2) is 8.50. The van der Waals surface area contributed by atoms with Gasteiger partial charge >= 0.3 is 12.3 Å². The largest absolute Gasteiger partial charge is 0.453 e. The topological polar surface area (TPSA) is 105 Å². The second-order valence-corrected chi connectivity index (χ2v) is 7.17. The van der Waals surface area contributed by atoms with Crippen LogP contribution in [0.1, 0.15) is 37.5 Å². The van der Waals surface area contributed by atoms with E-state index in [1.54, 1.807) is 0 Å². The van der Waals surface area contributed by atoms with Crippen molar-refractivity contribution < 1.29 is 22.7 Å². The molecule has 29 heavy (non-hydrogen) atoms. The van der Waals surface area contributed by atoms with Crippen LogP contribution in [0.25, 0.3) is 11.3 Å². The number of anilines is 2. The number of carbonyl (C=O) groups is 1. The first kappa shape index (κ1) is 21.3. The number of imidazole rings is 1. The average Bonchev–Trinajstić information content (AvgIpc) is 3.04. The lowest BCUT2D eigenvalue weighted by atomic mass is 10.0. The molecule has 1 aromatic heterocycles. The van der Waals surface area contributed by atoms with E-state index in [0.29, 0.717) is 30.7 Å². The first-order valence-corrected chi connectivity index (χ1v) is 9.40. The SMILES string of the molecule is COC(=O)Nc1ccc2c(c1)N[C@H](C(F)(F)F)CCCC[C@H](N)c1nc-2c(Cl)[nH]1. The Morgan fingerprint density at radius 1 is 1.34 bits per heavy atom. The molecule has 7 nitrogen and oxygen atoms in total. The third kappa shape index (κ3) is 4.94. The number of rotatable bonds is 1. The van der Waals surface area contributed by atoms with Crippen LogP contribution in [0.4, 0.5) is 29.3 Å². The highest BCUT2D eigenvalue weighted by atomic mass is 35.5. The molecular formula is C18H21ClF3N5O2. The van der Waals surface area contributed by atoms with Gasteiger partial charge in [0.15, 0.2) is 0 Å². The maximum Gasteiger partial charge on any atom is 0.411 e. The molecule has 1 aliphatic rings. The van der Waals surface area contributed by atoms with Crippen molar-refractivity contribution in [3.05, 3.63) is 29.2 Å². The minimum Gasteiger partial charge on any atom is -0.453 e. The predicted octanol–water partition coefficient (Wildman–Crippen LogP) is 4.83. The monoisotopic (exact) mass is 431 g/mol. The van der Waals surface area contributed by atoms with E-state index in [1.807, 2.05) is 0 Å². The van der Waals surface area contributed by atoms with E-state index in [4.69, 9.17) is 17.3 Å². The molecule has 0 aliphatic carbocycles. The zero-order valence-electron chi connectivity index (χ0n) is 15.6. The Balaban J connectivity index is 2.10. The molecule has 2 aromatic rings. The number of amides is 1. The minimum absolute atomic E-state index is 0.114. The van der Waals surface area contributed by atoms with Gasteiger partial charge in [-0.15, -0.1) is 0 Å². The molecule has 11 heteroatoms. The number of nitrogens with two attached hydrogens (primary N) is 1. The standard InChI is InChI=1S/C18H21ClF3N5O2/c1-29-17(28)24-9-6-7-10-12(8-9)25-13(18(20,21)22)5-3-2-4-11(23)16-26-14(10)15(19)27-16/h6-8,11,13,25H,2-5,23H2,1H3,(H,24,28)(H,26,27)/t11-,13-/m0/s1. The fourth-order valence-electron chi connectivity index (χ4n) is 3.19. The van der Waals surface area contributed by atoms with Gasteiger partial charge in [0.2, 0.25) is 0 Å². The van der Waals surface area contributed by atoms with Gasteiger partial charge in [0, 0.05) is 16.9 Å². The van der Waals surface area contributed by atoms with Crippen molar-refractivity contribution in [1.82, 2.24) is 9.97 Å². The third-order valence-corrected chi connectivity index (χ3v) is 4.99. The number of nitrogens with one attached hydrogen (secondary N) is 3. The Labute approximate surface area is 170 Å². The van der Waals surface area contributed by atoms with Crippen molar-refractivity contribution in [3.8, 4) is 11.3 Å². The zero-order valence-corrected chi connectivity index (χ0v) is 16.3. The molecule has 158 valence electrons. The summed E-state index contributed by atoms with van der Waals surface area (Å²) >= 11 is 6.27. The number of alkyl halides is 3. The van der Waals surface area contributed by atoms with Crippen molar-refractivity contribution in [2.75, 3.05) is 17.7 Å². The first-order valence-electron chi connectivity index (χ1n) is 9.02. The molecule has 0 spiro atoms. The number of aromatic nitrogens is 2. The summed E-state index contributed by atoms with van der Waals surface area (Å²) in [5.41, 5.74) is 7.15. The molecule has 0 unspecified atom stereocenters. The molecule has 0 saturated heterocycles. The van der Waals surface area contributed by atoms with Gasteiger partial charge < -0.3 is 20.8 Å². The molecule has 1 aliphatic heterocycles. The number of carbonyl (C=O) groups excluding carboxylic acids is 1. The summed E-state index contributed by atoms with van der Waals surface area (Å²) in [5, 5.41) is 5.18. The summed E-state index contributed by atoms with van der Waals surface area (Å²) < 4.78 is 45.4. The fraction of sp³-hybridized carbons (Fsp3) is 0.444. The van der Waals surface area contributed by atoms with Gasteiger partial charge in [0.05, 0.1) is 13.2 Å². The fourth-order valence-corrected chi connectivity index (χ4v) is 3.44. The van der Waals surface area contributed by atoms with Crippen LogP contribution in [0.2, 0.25) is 5.15 Å². The number of benzene rings is 1. The maximum absolute atomic E-state index is 13.6. The average molecular weight is 432 g/mol. The Hall–Kier alpha value is -2.46. The van der Waals surface area contributed by atoms with Gasteiger partial charge in [0.25, 0.3) is 0 Å². The Morgan fingerprint density at radius 2 is 2.07 bits per heavy atom. The number of hydrogen-bond donors (Lipinski definition) is 4. The van der Waals surface area contributed by atoms with Gasteiger partial charge in [-0.05, 0) is 31.0 Å². The highest BCUT2D eigenvalue weighted by Gasteiger charge is 2.39. The molecule has 2 heterocycles. The number of nitrogens with zero attached hydrogens (tertiary/aromatic N) is 1. The number of halogens is 4. The lowest BCUT2D eigenvalue weighted by Crippen LogP contribution is -2.36. The summed E-state index contributed by atoms with van der Waals surface area (Å²) in [7, 11) is 1.19. The second-order valence-electron chi connectivity index (χ2n) is 6.79. The van der Waals surface area contributed by atoms with Gasteiger partial charge in [0.1, 0.15) is 22.7 Å². The molecule has 0 radical (unpaired) electrons. The molecule has 0 fully saturated rings. The quantitative estimate of drug-likeness (QED) is 0.518. The summed E-state index contributed by atoms with van der Waals surface area (Å²) in [6.45, 7) is 0. The number of fused-ring (bicyclic) bond motifs is 4. The van der Waals surface area contributed by atoms with Crippen LogP contribution >= 0.6 is 11.6 Å². The normalized spacial score (nSPS) is 19.9. The van der Waals surface area contributed by atoms with Crippen LogP contribution < -0.4 is 16.4 Å². The van der Waals surface area contributed by atoms with E-state index >= 15 is 0 Å². The minimum atomic E-state index is -4.46. The van der Waals surface area contributed by atoms with Gasteiger partial charge in [-0.3, -0.25) is 5.32 Å². The van der Waals surface area contributed by atoms with Crippen molar-refractivity contribution >= 4 is 29.1 Å². The molecule has 1 aromatic carbocycles. The van der Waals surface area contributed by atoms with Crippen LogP contribution in [0, 0.1) is 0 Å². The summed E-state index contributed by atoms with van der Waals surface area (Å²) in [6, 6.07) is 2.21. The maximum atomic E-state index is 13.6. The Bertz CT molecular complexity index is 887. The van der Waals surface area contributed by atoms with Gasteiger partial charge in [-0.25, -0.2) is 9.78 Å². The number of H-pyrrole nitrogens is 1. The number of aromatic amines is 1.